The monoisotopic (exact) mass is 955 g/mol. The Morgan fingerprint density at radius 1 is 0.757 bits per heavy atom. The van der Waals surface area contributed by atoms with Crippen LogP contribution in [0.4, 0.5) is 0 Å². The molecule has 1 heterocycles. The van der Waals surface area contributed by atoms with Crippen molar-refractivity contribution in [1.82, 2.24) is 5.32 Å². The van der Waals surface area contributed by atoms with E-state index in [0.29, 0.717) is 11.1 Å². The molecule has 1 saturated heterocycles. The van der Waals surface area contributed by atoms with Crippen molar-refractivity contribution in [2.75, 3.05) is 6.61 Å². The van der Waals surface area contributed by atoms with Gasteiger partial charge in [-0.15, -0.1) is 0 Å². The summed E-state index contributed by atoms with van der Waals surface area (Å²) < 4.78 is 38.1. The molecule has 1 unspecified atom stereocenters. The van der Waals surface area contributed by atoms with Crippen molar-refractivity contribution >= 4 is 41.3 Å². The molecule has 366 valence electrons. The number of ether oxygens (including phenoxy) is 6. The van der Waals surface area contributed by atoms with E-state index in [2.05, 4.69) is 11.9 Å². The third-order valence-electron chi connectivity index (χ3n) is 14.8. The highest BCUT2D eigenvalue weighted by Gasteiger charge is 2.79. The average Bonchev–Trinajstić information content (AvgIpc) is 3.34. The molecular formula is C55H57NO14. The van der Waals surface area contributed by atoms with Crippen LogP contribution in [0.25, 0.3) is 5.76 Å². The van der Waals surface area contributed by atoms with Gasteiger partial charge in [0.05, 0.1) is 29.5 Å². The average molecular weight is 956 g/mol. The van der Waals surface area contributed by atoms with Gasteiger partial charge in [0.15, 0.2) is 23.6 Å². The highest BCUT2D eigenvalue weighted by molar-refractivity contribution is 5.96. The Hall–Kier alpha value is -6.94. The molecule has 4 aromatic carbocycles. The second kappa shape index (κ2) is 19.1. The fourth-order valence-corrected chi connectivity index (χ4v) is 11.2. The Balaban J connectivity index is 1.31. The first-order chi connectivity index (χ1) is 33.2. The van der Waals surface area contributed by atoms with Crippen molar-refractivity contribution in [3.63, 3.8) is 0 Å². The standard InChI is InChI=1S/C55H57NO14/c1-31-39(68-51(63)44(59)43(36-22-14-9-15-23-36)56-49(61)37-24-16-10-17-25-37)29-55(64)48(69-50(62)38-26-18-11-19-27-38)46-53(7,47(60)45(67-33(3)57)42(31)52(55,5)6)40(66-32(2)35-20-12-8-13-21-35)28-41-54(46,30-65-41)70-34(4)58/h8-27,39-41,43-46,48,59,64H,2,28-30H2,1,3-7H3,(H,56,61)/t39-,40-,41+,43-,44+,45+,46?,48-,53+,54-,55+/m0/s1. The predicted octanol–water partition coefficient (Wildman–Crippen LogP) is 6.43. The van der Waals surface area contributed by atoms with Gasteiger partial charge in [-0.1, -0.05) is 117 Å². The zero-order valence-electron chi connectivity index (χ0n) is 39.8. The zero-order chi connectivity index (χ0) is 50.3. The van der Waals surface area contributed by atoms with Gasteiger partial charge in [0, 0.05) is 43.2 Å². The quantitative estimate of drug-likeness (QED) is 0.0571. The number of carbonyl (C=O) groups is 6. The lowest BCUT2D eigenvalue weighted by molar-refractivity contribution is -0.345. The van der Waals surface area contributed by atoms with Gasteiger partial charge in [0.1, 0.15) is 35.8 Å². The third-order valence-corrected chi connectivity index (χ3v) is 14.8. The van der Waals surface area contributed by atoms with E-state index in [9.17, 15) is 34.2 Å². The molecule has 11 atom stereocenters. The second-order valence-electron chi connectivity index (χ2n) is 19.2. The second-order valence-corrected chi connectivity index (χ2v) is 19.2. The maximum Gasteiger partial charge on any atom is 0.338 e. The number of ketones is 1. The van der Waals surface area contributed by atoms with Crippen LogP contribution in [-0.2, 0) is 47.6 Å². The molecule has 3 fully saturated rings. The molecule has 70 heavy (non-hydrogen) atoms. The molecule has 0 spiro atoms. The first kappa shape index (κ1) is 49.5. The smallest absolute Gasteiger partial charge is 0.338 e. The van der Waals surface area contributed by atoms with Crippen molar-refractivity contribution in [3.8, 4) is 0 Å². The van der Waals surface area contributed by atoms with E-state index in [1.165, 1.54) is 19.1 Å². The highest BCUT2D eigenvalue weighted by atomic mass is 16.6. The van der Waals surface area contributed by atoms with E-state index in [0.717, 1.165) is 6.92 Å². The largest absolute Gasteiger partial charge is 0.489 e. The maximum absolute atomic E-state index is 16.3. The Morgan fingerprint density at radius 2 is 1.31 bits per heavy atom. The maximum atomic E-state index is 16.3. The van der Waals surface area contributed by atoms with Gasteiger partial charge < -0.3 is 44.0 Å². The minimum absolute atomic E-state index is 0.0281. The first-order valence-electron chi connectivity index (χ1n) is 23.2. The van der Waals surface area contributed by atoms with Crippen molar-refractivity contribution in [2.45, 2.75) is 108 Å². The normalized spacial score (nSPS) is 29.4. The number of amides is 1. The minimum atomic E-state index is -2.40. The molecule has 15 nitrogen and oxygen atoms in total. The van der Waals surface area contributed by atoms with Gasteiger partial charge in [-0.2, -0.15) is 0 Å². The number of hydrogen-bond donors (Lipinski definition) is 3. The summed E-state index contributed by atoms with van der Waals surface area (Å²) in [6.45, 7) is 12.5. The number of aliphatic hydroxyl groups is 2. The van der Waals surface area contributed by atoms with Crippen LogP contribution in [0.1, 0.15) is 92.3 Å². The van der Waals surface area contributed by atoms with Crippen LogP contribution in [0.15, 0.2) is 139 Å². The molecule has 0 aromatic heterocycles. The lowest BCUT2D eigenvalue weighted by Gasteiger charge is -2.67. The molecule has 8 rings (SSSR count). The Bertz CT molecular complexity index is 2710. The van der Waals surface area contributed by atoms with Crippen molar-refractivity contribution in [3.05, 3.63) is 161 Å². The molecule has 15 heteroatoms. The van der Waals surface area contributed by atoms with E-state index in [1.54, 1.807) is 131 Å². The summed E-state index contributed by atoms with van der Waals surface area (Å²) in [6.07, 6.45) is -9.98. The molecule has 4 aromatic rings. The van der Waals surface area contributed by atoms with Crippen molar-refractivity contribution in [1.29, 1.82) is 0 Å². The van der Waals surface area contributed by atoms with Gasteiger partial charge in [-0.25, -0.2) is 9.59 Å². The van der Waals surface area contributed by atoms with Crippen LogP contribution in [0.2, 0.25) is 0 Å². The molecule has 4 aliphatic rings. The van der Waals surface area contributed by atoms with Crippen LogP contribution in [0.5, 0.6) is 0 Å². The summed E-state index contributed by atoms with van der Waals surface area (Å²) in [7, 11) is 0. The summed E-state index contributed by atoms with van der Waals surface area (Å²) in [6, 6.07) is 32.1. The molecule has 2 saturated carbocycles. The van der Waals surface area contributed by atoms with E-state index in [4.69, 9.17) is 28.4 Å². The van der Waals surface area contributed by atoms with Crippen LogP contribution in [0, 0.1) is 16.7 Å². The van der Waals surface area contributed by atoms with Gasteiger partial charge in [-0.3, -0.25) is 19.2 Å². The van der Waals surface area contributed by atoms with E-state index in [-0.39, 0.29) is 41.1 Å². The minimum Gasteiger partial charge on any atom is -0.489 e. The Labute approximate surface area is 405 Å². The Kier molecular flexibility index (Phi) is 13.5. The van der Waals surface area contributed by atoms with E-state index in [1.807, 2.05) is 6.07 Å². The summed E-state index contributed by atoms with van der Waals surface area (Å²) in [4.78, 5) is 85.7. The van der Waals surface area contributed by atoms with Gasteiger partial charge in [0.2, 0.25) is 0 Å². The van der Waals surface area contributed by atoms with E-state index >= 15 is 4.79 Å². The lowest BCUT2D eigenvalue weighted by atomic mass is 9.44. The summed E-state index contributed by atoms with van der Waals surface area (Å²) in [5.41, 5.74) is -6.33. The number of rotatable bonds is 13. The van der Waals surface area contributed by atoms with Crippen LogP contribution in [0.3, 0.4) is 0 Å². The molecule has 0 radical (unpaired) electrons. The SMILES string of the molecule is C=C(O[C@H]1C[C@H]2OC[C@@]2(OC(C)=O)C2[C@H](OC(=O)c3ccccc3)[C@]3(O)C[C@H](OC(=O)[C@H](O)[C@@H](NC(=O)c4ccccc4)c4ccccc4)C(C)=C([C@@H](OC(C)=O)C(=O)[C@@]21C)C3(C)C)c1ccccc1. The number of nitrogens with one attached hydrogen (secondary N) is 1. The number of carbonyl (C=O) groups excluding carboxylic acids is 6. The fourth-order valence-electron chi connectivity index (χ4n) is 11.2. The molecule has 2 bridgehead atoms. The number of benzene rings is 4. The van der Waals surface area contributed by atoms with Gasteiger partial charge >= 0.3 is 23.9 Å². The summed E-state index contributed by atoms with van der Waals surface area (Å²) in [5, 5.41) is 28.8. The molecule has 1 amide bonds. The fraction of sp³-hybridized carbons (Fsp3) is 0.382. The van der Waals surface area contributed by atoms with Crippen LogP contribution >= 0.6 is 0 Å². The zero-order valence-corrected chi connectivity index (χ0v) is 39.8. The predicted molar refractivity (Wildman–Crippen MR) is 252 cm³/mol. The van der Waals surface area contributed by atoms with Crippen LogP contribution < -0.4 is 5.32 Å². The molecule has 3 aliphatic carbocycles. The van der Waals surface area contributed by atoms with E-state index < -0.39 is 113 Å². The highest BCUT2D eigenvalue weighted by Crippen LogP contribution is 2.65. The summed E-state index contributed by atoms with van der Waals surface area (Å²) in [5.74, 6) is -6.49. The number of esters is 4. The molecular weight excluding hydrogens is 899 g/mol. The molecule has 1 aliphatic heterocycles. The van der Waals surface area contributed by atoms with Gasteiger partial charge in [0.25, 0.3) is 5.91 Å². The number of aliphatic hydroxyl groups excluding tert-OH is 1. The number of Topliss-reactive ketones (excluding diaryl/α,β-unsaturated/α-hetero) is 1. The van der Waals surface area contributed by atoms with Crippen molar-refractivity contribution < 1.29 is 67.4 Å². The first-order valence-corrected chi connectivity index (χ1v) is 23.2. The molecule has 3 N–H and O–H groups in total. The Morgan fingerprint density at radius 3 is 1.86 bits per heavy atom. The third kappa shape index (κ3) is 8.60. The summed E-state index contributed by atoms with van der Waals surface area (Å²) >= 11 is 0. The van der Waals surface area contributed by atoms with Crippen LogP contribution in [-0.4, -0.2) is 100 Å². The van der Waals surface area contributed by atoms with Gasteiger partial charge in [-0.05, 0) is 54.8 Å². The lowest BCUT2D eigenvalue weighted by Crippen LogP contribution is -2.82. The van der Waals surface area contributed by atoms with Crippen molar-refractivity contribution in [2.24, 2.45) is 16.7 Å². The number of hydrogen-bond acceptors (Lipinski definition) is 14. The number of fused-ring (bicyclic) bond motifs is 5. The topological polar surface area (TPSA) is 210 Å².